The summed E-state index contributed by atoms with van der Waals surface area (Å²) in [7, 11) is 0. The predicted molar refractivity (Wildman–Crippen MR) is 75.4 cm³/mol. The Balaban J connectivity index is 1.89. The molecule has 0 aliphatic heterocycles. The maximum atomic E-state index is 3.55. The second kappa shape index (κ2) is 5.99. The molecule has 90 valence electrons. The van der Waals surface area contributed by atoms with Crippen molar-refractivity contribution in [2.24, 2.45) is 0 Å². The summed E-state index contributed by atoms with van der Waals surface area (Å²) in [6, 6.07) is 13.6. The number of benzene rings is 1. The number of hydrogen-bond acceptors (Lipinski definition) is 2. The lowest BCUT2D eigenvalue weighted by atomic mass is 10.1. The molecule has 0 amide bonds. The molecule has 1 nitrogen and oxygen atoms in total. The van der Waals surface area contributed by atoms with Gasteiger partial charge in [-0.15, -0.1) is 11.3 Å². The van der Waals surface area contributed by atoms with Crippen LogP contribution in [0.3, 0.4) is 0 Å². The molecule has 2 heteroatoms. The number of aryl methyl sites for hydroxylation is 1. The Morgan fingerprint density at radius 2 is 1.82 bits per heavy atom. The van der Waals surface area contributed by atoms with E-state index in [-0.39, 0.29) is 0 Å². The van der Waals surface area contributed by atoms with E-state index >= 15 is 0 Å². The van der Waals surface area contributed by atoms with Gasteiger partial charge < -0.3 is 5.32 Å². The van der Waals surface area contributed by atoms with Crippen molar-refractivity contribution in [2.45, 2.75) is 32.9 Å². The molecular formula is C15H19NS. The van der Waals surface area contributed by atoms with Gasteiger partial charge in [0, 0.05) is 17.5 Å². The van der Waals surface area contributed by atoms with Gasteiger partial charge in [-0.05, 0) is 35.9 Å². The molecule has 0 spiro atoms. The third-order valence-electron chi connectivity index (χ3n) is 3.01. The van der Waals surface area contributed by atoms with Crippen molar-refractivity contribution in [1.29, 1.82) is 0 Å². The summed E-state index contributed by atoms with van der Waals surface area (Å²) in [5, 5.41) is 5.68. The quantitative estimate of drug-likeness (QED) is 0.834. The highest BCUT2D eigenvalue weighted by atomic mass is 32.1. The van der Waals surface area contributed by atoms with Crippen molar-refractivity contribution in [3.8, 4) is 0 Å². The predicted octanol–water partition coefficient (Wildman–Crippen LogP) is 4.16. The fraction of sp³-hybridized carbons (Fsp3) is 0.333. The highest BCUT2D eigenvalue weighted by molar-refractivity contribution is 7.10. The van der Waals surface area contributed by atoms with Gasteiger partial charge in [0.15, 0.2) is 0 Å². The largest absolute Gasteiger partial charge is 0.305 e. The summed E-state index contributed by atoms with van der Waals surface area (Å²) in [4.78, 5) is 1.40. The summed E-state index contributed by atoms with van der Waals surface area (Å²) in [6.07, 6.45) is 1.11. The number of rotatable bonds is 5. The molecule has 0 fully saturated rings. The van der Waals surface area contributed by atoms with Crippen molar-refractivity contribution in [2.75, 3.05) is 0 Å². The van der Waals surface area contributed by atoms with E-state index in [2.05, 4.69) is 60.9 Å². The monoisotopic (exact) mass is 245 g/mol. The molecule has 0 saturated carbocycles. The normalized spacial score (nSPS) is 12.6. The molecule has 1 N–H and O–H groups in total. The Morgan fingerprint density at radius 3 is 2.41 bits per heavy atom. The first-order valence-corrected chi connectivity index (χ1v) is 7.02. The summed E-state index contributed by atoms with van der Waals surface area (Å²) < 4.78 is 0. The first-order chi connectivity index (χ1) is 8.29. The van der Waals surface area contributed by atoms with Crippen LogP contribution in [0.4, 0.5) is 0 Å². The molecule has 2 rings (SSSR count). The van der Waals surface area contributed by atoms with Gasteiger partial charge in [-0.1, -0.05) is 37.3 Å². The average molecular weight is 245 g/mol. The van der Waals surface area contributed by atoms with E-state index in [1.54, 1.807) is 0 Å². The van der Waals surface area contributed by atoms with Crippen molar-refractivity contribution in [1.82, 2.24) is 5.32 Å². The van der Waals surface area contributed by atoms with Crippen LogP contribution in [0.1, 0.15) is 35.9 Å². The highest BCUT2D eigenvalue weighted by Gasteiger charge is 2.05. The number of thiophene rings is 1. The molecule has 1 aromatic heterocycles. The van der Waals surface area contributed by atoms with Gasteiger partial charge in [0.05, 0.1) is 0 Å². The third kappa shape index (κ3) is 3.42. The molecule has 0 saturated heterocycles. The number of nitrogens with one attached hydrogen (secondary N) is 1. The van der Waals surface area contributed by atoms with E-state index in [0.717, 1.165) is 13.0 Å². The third-order valence-corrected chi connectivity index (χ3v) is 4.07. The Hall–Kier alpha value is -1.12. The second-order valence-electron chi connectivity index (χ2n) is 4.29. The maximum absolute atomic E-state index is 3.55. The van der Waals surface area contributed by atoms with Crippen LogP contribution in [0.25, 0.3) is 0 Å². The molecule has 0 unspecified atom stereocenters. The molecule has 1 atom stereocenters. The van der Waals surface area contributed by atoms with Crippen LogP contribution < -0.4 is 5.32 Å². The minimum Gasteiger partial charge on any atom is -0.305 e. The van der Waals surface area contributed by atoms with Crippen molar-refractivity contribution in [3.63, 3.8) is 0 Å². The molecule has 0 bridgehead atoms. The standard InChI is InChI=1S/C15H19NS/c1-3-13-6-8-14(9-7-13)11-16-12(2)15-5-4-10-17-15/h4-10,12,16H,3,11H2,1-2H3/t12-/m1/s1. The Morgan fingerprint density at radius 1 is 1.12 bits per heavy atom. The SMILES string of the molecule is CCc1ccc(CN[C@H](C)c2cccs2)cc1. The molecule has 1 heterocycles. The molecule has 17 heavy (non-hydrogen) atoms. The fourth-order valence-corrected chi connectivity index (χ4v) is 2.56. The number of hydrogen-bond donors (Lipinski definition) is 1. The lowest BCUT2D eigenvalue weighted by molar-refractivity contribution is 0.583. The van der Waals surface area contributed by atoms with Gasteiger partial charge in [-0.2, -0.15) is 0 Å². The maximum Gasteiger partial charge on any atom is 0.0388 e. The molecule has 0 aliphatic rings. The van der Waals surface area contributed by atoms with Crippen molar-refractivity contribution in [3.05, 3.63) is 57.8 Å². The lowest BCUT2D eigenvalue weighted by Crippen LogP contribution is -2.17. The van der Waals surface area contributed by atoms with Crippen LogP contribution in [0.2, 0.25) is 0 Å². The fourth-order valence-electron chi connectivity index (χ4n) is 1.80. The van der Waals surface area contributed by atoms with E-state index in [0.29, 0.717) is 6.04 Å². The zero-order valence-corrected chi connectivity index (χ0v) is 11.3. The molecule has 2 aromatic rings. The average Bonchev–Trinajstić information content (AvgIpc) is 2.90. The van der Waals surface area contributed by atoms with Crippen LogP contribution in [0.15, 0.2) is 41.8 Å². The first-order valence-electron chi connectivity index (χ1n) is 6.14. The van der Waals surface area contributed by atoms with Crippen LogP contribution in [-0.2, 0) is 13.0 Å². The van der Waals surface area contributed by atoms with Crippen LogP contribution >= 0.6 is 11.3 Å². The highest BCUT2D eigenvalue weighted by Crippen LogP contribution is 2.18. The van der Waals surface area contributed by atoms with E-state index < -0.39 is 0 Å². The van der Waals surface area contributed by atoms with Crippen LogP contribution in [-0.4, -0.2) is 0 Å². The van der Waals surface area contributed by atoms with E-state index in [9.17, 15) is 0 Å². The molecule has 0 radical (unpaired) electrons. The zero-order chi connectivity index (χ0) is 12.1. The van der Waals surface area contributed by atoms with Gasteiger partial charge in [0.2, 0.25) is 0 Å². The Labute approximate surface area is 108 Å². The smallest absolute Gasteiger partial charge is 0.0388 e. The van der Waals surface area contributed by atoms with Crippen molar-refractivity contribution >= 4 is 11.3 Å². The van der Waals surface area contributed by atoms with Crippen LogP contribution in [0.5, 0.6) is 0 Å². The summed E-state index contributed by atoms with van der Waals surface area (Å²) >= 11 is 1.81. The zero-order valence-electron chi connectivity index (χ0n) is 10.4. The summed E-state index contributed by atoms with van der Waals surface area (Å²) in [5.74, 6) is 0. The first kappa shape index (κ1) is 12.3. The lowest BCUT2D eigenvalue weighted by Gasteiger charge is -2.12. The van der Waals surface area contributed by atoms with E-state index in [1.807, 2.05) is 11.3 Å². The molecular weight excluding hydrogens is 226 g/mol. The Kier molecular flexibility index (Phi) is 4.35. The minimum absolute atomic E-state index is 0.431. The summed E-state index contributed by atoms with van der Waals surface area (Å²) in [6.45, 7) is 5.33. The van der Waals surface area contributed by atoms with Crippen molar-refractivity contribution < 1.29 is 0 Å². The van der Waals surface area contributed by atoms with Gasteiger partial charge in [-0.25, -0.2) is 0 Å². The summed E-state index contributed by atoms with van der Waals surface area (Å²) in [5.41, 5.74) is 2.76. The molecule has 1 aromatic carbocycles. The topological polar surface area (TPSA) is 12.0 Å². The van der Waals surface area contributed by atoms with Gasteiger partial charge in [-0.3, -0.25) is 0 Å². The Bertz CT molecular complexity index is 430. The van der Waals surface area contributed by atoms with Gasteiger partial charge in [0.25, 0.3) is 0 Å². The van der Waals surface area contributed by atoms with Gasteiger partial charge >= 0.3 is 0 Å². The van der Waals surface area contributed by atoms with E-state index in [4.69, 9.17) is 0 Å². The van der Waals surface area contributed by atoms with E-state index in [1.165, 1.54) is 16.0 Å². The van der Waals surface area contributed by atoms with Crippen LogP contribution in [0, 0.1) is 0 Å². The second-order valence-corrected chi connectivity index (χ2v) is 5.27. The minimum atomic E-state index is 0.431. The molecule has 0 aliphatic carbocycles. The van der Waals surface area contributed by atoms with Gasteiger partial charge in [0.1, 0.15) is 0 Å².